The molecule has 0 spiro atoms. The SMILES string of the molecule is Cc1ccc(Cl)cc1C(=O)Cc1cccc(Br)c1. The van der Waals surface area contributed by atoms with Gasteiger partial charge in [0.25, 0.3) is 0 Å². The molecule has 0 unspecified atom stereocenters. The lowest BCUT2D eigenvalue weighted by molar-refractivity contribution is 0.0992. The van der Waals surface area contributed by atoms with Gasteiger partial charge < -0.3 is 0 Å². The molecule has 0 fully saturated rings. The third kappa shape index (κ3) is 3.21. The summed E-state index contributed by atoms with van der Waals surface area (Å²) in [5.74, 6) is 0.0908. The monoisotopic (exact) mass is 322 g/mol. The fourth-order valence-electron chi connectivity index (χ4n) is 1.82. The van der Waals surface area contributed by atoms with Gasteiger partial charge in [0.05, 0.1) is 0 Å². The molecule has 0 atom stereocenters. The van der Waals surface area contributed by atoms with Crippen LogP contribution in [0.3, 0.4) is 0 Å². The number of benzene rings is 2. The normalized spacial score (nSPS) is 10.4. The molecule has 0 aromatic heterocycles. The maximum Gasteiger partial charge on any atom is 0.167 e. The van der Waals surface area contributed by atoms with Crippen molar-refractivity contribution in [1.29, 1.82) is 0 Å². The van der Waals surface area contributed by atoms with Gasteiger partial charge in [-0.3, -0.25) is 4.79 Å². The molecule has 0 aliphatic rings. The highest BCUT2D eigenvalue weighted by molar-refractivity contribution is 9.10. The van der Waals surface area contributed by atoms with Crippen LogP contribution in [0.2, 0.25) is 5.02 Å². The number of rotatable bonds is 3. The number of aryl methyl sites for hydroxylation is 1. The molecule has 0 heterocycles. The van der Waals surface area contributed by atoms with Gasteiger partial charge in [-0.2, -0.15) is 0 Å². The lowest BCUT2D eigenvalue weighted by Gasteiger charge is -2.06. The second-order valence-electron chi connectivity index (χ2n) is 4.19. The Labute approximate surface area is 120 Å². The summed E-state index contributed by atoms with van der Waals surface area (Å²) in [5.41, 5.74) is 2.65. The summed E-state index contributed by atoms with van der Waals surface area (Å²) in [5, 5.41) is 0.596. The summed E-state index contributed by atoms with van der Waals surface area (Å²) in [6.45, 7) is 1.92. The molecule has 1 nitrogen and oxygen atoms in total. The maximum atomic E-state index is 12.2. The van der Waals surface area contributed by atoms with E-state index in [1.165, 1.54) is 0 Å². The van der Waals surface area contributed by atoms with Crippen LogP contribution in [-0.4, -0.2) is 5.78 Å². The van der Waals surface area contributed by atoms with E-state index < -0.39 is 0 Å². The number of Topliss-reactive ketones (excluding diaryl/α,β-unsaturated/α-hetero) is 1. The summed E-state index contributed by atoms with van der Waals surface area (Å²) in [6.07, 6.45) is 0.390. The Bertz CT molecular complexity index is 593. The lowest BCUT2D eigenvalue weighted by Crippen LogP contribution is -2.05. The van der Waals surface area contributed by atoms with E-state index in [0.717, 1.165) is 15.6 Å². The predicted molar refractivity (Wildman–Crippen MR) is 78.4 cm³/mol. The molecule has 18 heavy (non-hydrogen) atoms. The van der Waals surface area contributed by atoms with Gasteiger partial charge in [-0.05, 0) is 42.3 Å². The molecule has 92 valence electrons. The molecule has 0 aliphatic carbocycles. The van der Waals surface area contributed by atoms with Crippen LogP contribution in [0.1, 0.15) is 21.5 Å². The van der Waals surface area contributed by atoms with Crippen molar-refractivity contribution in [3.63, 3.8) is 0 Å². The van der Waals surface area contributed by atoms with Crippen molar-refractivity contribution >= 4 is 33.3 Å². The first-order chi connectivity index (χ1) is 8.56. The second-order valence-corrected chi connectivity index (χ2v) is 5.54. The number of hydrogen-bond donors (Lipinski definition) is 0. The van der Waals surface area contributed by atoms with Crippen LogP contribution in [0.25, 0.3) is 0 Å². The van der Waals surface area contributed by atoms with E-state index in [0.29, 0.717) is 17.0 Å². The Morgan fingerprint density at radius 3 is 2.72 bits per heavy atom. The largest absolute Gasteiger partial charge is 0.294 e. The summed E-state index contributed by atoms with van der Waals surface area (Å²) >= 11 is 9.33. The molecule has 0 saturated heterocycles. The standard InChI is InChI=1S/C15H12BrClO/c1-10-5-6-13(17)9-14(10)15(18)8-11-3-2-4-12(16)7-11/h2-7,9H,8H2,1H3. The van der Waals surface area contributed by atoms with Gasteiger partial charge in [0, 0.05) is 21.5 Å². The molecule has 0 aliphatic heterocycles. The Hall–Kier alpha value is -1.12. The summed E-state index contributed by atoms with van der Waals surface area (Å²) in [7, 11) is 0. The van der Waals surface area contributed by atoms with Crippen LogP contribution < -0.4 is 0 Å². The number of carbonyl (C=O) groups excluding carboxylic acids is 1. The molecule has 0 N–H and O–H groups in total. The van der Waals surface area contributed by atoms with Gasteiger partial charge in [-0.1, -0.05) is 45.7 Å². The molecule has 3 heteroatoms. The predicted octanol–water partition coefficient (Wildman–Crippen LogP) is 4.84. The van der Waals surface area contributed by atoms with Crippen molar-refractivity contribution in [1.82, 2.24) is 0 Å². The Morgan fingerprint density at radius 2 is 2.00 bits per heavy atom. The zero-order chi connectivity index (χ0) is 13.1. The minimum atomic E-state index is 0.0908. The highest BCUT2D eigenvalue weighted by atomic mass is 79.9. The highest BCUT2D eigenvalue weighted by Gasteiger charge is 2.10. The first kappa shape index (κ1) is 13.3. The lowest BCUT2D eigenvalue weighted by atomic mass is 9.99. The average Bonchev–Trinajstić information content (AvgIpc) is 2.32. The first-order valence-corrected chi connectivity index (χ1v) is 6.77. The summed E-state index contributed by atoms with van der Waals surface area (Å²) in [6, 6.07) is 13.2. The molecule has 2 aromatic carbocycles. The Kier molecular flexibility index (Phi) is 4.20. The van der Waals surface area contributed by atoms with E-state index >= 15 is 0 Å². The third-order valence-electron chi connectivity index (χ3n) is 2.75. The van der Waals surface area contributed by atoms with E-state index in [1.54, 1.807) is 12.1 Å². The van der Waals surface area contributed by atoms with E-state index in [2.05, 4.69) is 15.9 Å². The smallest absolute Gasteiger partial charge is 0.167 e. The Balaban J connectivity index is 2.24. The fraction of sp³-hybridized carbons (Fsp3) is 0.133. The van der Waals surface area contributed by atoms with E-state index in [1.807, 2.05) is 37.3 Å². The molecule has 2 rings (SSSR count). The minimum absolute atomic E-state index is 0.0908. The molecule has 0 saturated carbocycles. The van der Waals surface area contributed by atoms with Gasteiger partial charge >= 0.3 is 0 Å². The van der Waals surface area contributed by atoms with Crippen LogP contribution in [-0.2, 0) is 6.42 Å². The maximum absolute atomic E-state index is 12.2. The molecular formula is C15H12BrClO. The summed E-state index contributed by atoms with van der Waals surface area (Å²) in [4.78, 5) is 12.2. The number of carbonyl (C=O) groups is 1. The zero-order valence-corrected chi connectivity index (χ0v) is 12.3. The zero-order valence-electron chi connectivity index (χ0n) is 9.91. The van der Waals surface area contributed by atoms with Crippen molar-refractivity contribution in [2.45, 2.75) is 13.3 Å². The molecular weight excluding hydrogens is 312 g/mol. The fourth-order valence-corrected chi connectivity index (χ4v) is 2.44. The molecule has 0 bridgehead atoms. The molecule has 0 amide bonds. The molecule has 2 aromatic rings. The van der Waals surface area contributed by atoms with Gasteiger partial charge in [0.15, 0.2) is 5.78 Å². The van der Waals surface area contributed by atoms with Gasteiger partial charge in [0.1, 0.15) is 0 Å². The van der Waals surface area contributed by atoms with Crippen molar-refractivity contribution in [2.24, 2.45) is 0 Å². The number of ketones is 1. The van der Waals surface area contributed by atoms with E-state index in [-0.39, 0.29) is 5.78 Å². The number of hydrogen-bond acceptors (Lipinski definition) is 1. The topological polar surface area (TPSA) is 17.1 Å². The van der Waals surface area contributed by atoms with E-state index in [4.69, 9.17) is 11.6 Å². The van der Waals surface area contributed by atoms with Crippen molar-refractivity contribution in [3.05, 3.63) is 68.7 Å². The van der Waals surface area contributed by atoms with Crippen LogP contribution in [0.15, 0.2) is 46.9 Å². The minimum Gasteiger partial charge on any atom is -0.294 e. The average molecular weight is 324 g/mol. The number of halogens is 2. The van der Waals surface area contributed by atoms with Gasteiger partial charge in [-0.25, -0.2) is 0 Å². The quantitative estimate of drug-likeness (QED) is 0.739. The van der Waals surface area contributed by atoms with E-state index in [9.17, 15) is 4.79 Å². The van der Waals surface area contributed by atoms with Crippen LogP contribution >= 0.6 is 27.5 Å². The van der Waals surface area contributed by atoms with Crippen LogP contribution in [0, 0.1) is 6.92 Å². The molecule has 0 radical (unpaired) electrons. The van der Waals surface area contributed by atoms with Gasteiger partial charge in [-0.15, -0.1) is 0 Å². The first-order valence-electron chi connectivity index (χ1n) is 5.60. The van der Waals surface area contributed by atoms with Crippen molar-refractivity contribution < 1.29 is 4.79 Å². The van der Waals surface area contributed by atoms with Gasteiger partial charge in [0.2, 0.25) is 0 Å². The van der Waals surface area contributed by atoms with Crippen LogP contribution in [0.4, 0.5) is 0 Å². The second kappa shape index (κ2) is 5.68. The van der Waals surface area contributed by atoms with Crippen LogP contribution in [0.5, 0.6) is 0 Å². The Morgan fingerprint density at radius 1 is 1.22 bits per heavy atom. The van der Waals surface area contributed by atoms with Crippen molar-refractivity contribution in [2.75, 3.05) is 0 Å². The highest BCUT2D eigenvalue weighted by Crippen LogP contribution is 2.19. The third-order valence-corrected chi connectivity index (χ3v) is 3.48. The van der Waals surface area contributed by atoms with Crippen molar-refractivity contribution in [3.8, 4) is 0 Å². The summed E-state index contributed by atoms with van der Waals surface area (Å²) < 4.78 is 0.982.